The van der Waals surface area contributed by atoms with Crippen molar-refractivity contribution in [2.24, 2.45) is 0 Å². The third-order valence-corrected chi connectivity index (χ3v) is 5.23. The van der Waals surface area contributed by atoms with Crippen molar-refractivity contribution < 1.29 is 37.7 Å². The van der Waals surface area contributed by atoms with Gasteiger partial charge >= 0.3 is 12.6 Å². The molecule has 0 aliphatic carbocycles. The van der Waals surface area contributed by atoms with Crippen LogP contribution in [0.3, 0.4) is 0 Å². The predicted molar refractivity (Wildman–Crippen MR) is 119 cm³/mol. The van der Waals surface area contributed by atoms with Gasteiger partial charge in [-0.1, -0.05) is 19.1 Å². The SMILES string of the molecule is CCc1nc2c(F)ccc(OCC(=O)O)c2c(OC(F)F)c1Cc1ccc(-n2cc(O)cn2)cc1. The number of nitrogens with zero attached hydrogens (tertiary/aromatic N) is 3. The lowest BCUT2D eigenvalue weighted by Crippen LogP contribution is -2.13. The Labute approximate surface area is 197 Å². The van der Waals surface area contributed by atoms with Crippen LogP contribution in [0.4, 0.5) is 13.2 Å². The molecule has 0 saturated heterocycles. The van der Waals surface area contributed by atoms with E-state index in [0.717, 1.165) is 12.1 Å². The van der Waals surface area contributed by atoms with Crippen molar-refractivity contribution in [1.82, 2.24) is 14.8 Å². The second kappa shape index (κ2) is 9.92. The Bertz CT molecular complexity index is 1370. The molecule has 8 nitrogen and oxygen atoms in total. The highest BCUT2D eigenvalue weighted by Gasteiger charge is 2.24. The van der Waals surface area contributed by atoms with E-state index in [2.05, 4.69) is 10.1 Å². The maximum Gasteiger partial charge on any atom is 0.387 e. The van der Waals surface area contributed by atoms with Gasteiger partial charge in [-0.25, -0.2) is 18.9 Å². The zero-order valence-electron chi connectivity index (χ0n) is 18.4. The number of aromatic nitrogens is 3. The van der Waals surface area contributed by atoms with E-state index in [-0.39, 0.29) is 34.6 Å². The van der Waals surface area contributed by atoms with Crippen LogP contribution in [0, 0.1) is 5.82 Å². The maximum atomic E-state index is 14.7. The molecule has 0 bridgehead atoms. The molecule has 2 aromatic heterocycles. The monoisotopic (exact) mass is 487 g/mol. The van der Waals surface area contributed by atoms with E-state index in [1.165, 1.54) is 17.1 Å². The van der Waals surface area contributed by atoms with Crippen molar-refractivity contribution in [2.75, 3.05) is 6.61 Å². The third kappa shape index (κ3) is 5.13. The first-order valence-corrected chi connectivity index (χ1v) is 10.5. The van der Waals surface area contributed by atoms with Crippen LogP contribution in [0.1, 0.15) is 23.7 Å². The number of ether oxygens (including phenoxy) is 2. The highest BCUT2D eigenvalue weighted by Crippen LogP contribution is 2.40. The van der Waals surface area contributed by atoms with Gasteiger partial charge in [-0.3, -0.25) is 0 Å². The number of hydrogen-bond acceptors (Lipinski definition) is 6. The van der Waals surface area contributed by atoms with Crippen molar-refractivity contribution in [1.29, 1.82) is 0 Å². The molecule has 0 aliphatic heterocycles. The minimum atomic E-state index is -3.23. The van der Waals surface area contributed by atoms with Crippen LogP contribution in [-0.2, 0) is 17.6 Å². The molecule has 2 heterocycles. The van der Waals surface area contributed by atoms with Crippen molar-refractivity contribution in [3.63, 3.8) is 0 Å². The molecule has 4 rings (SSSR count). The van der Waals surface area contributed by atoms with Gasteiger partial charge in [0.1, 0.15) is 22.8 Å². The summed E-state index contributed by atoms with van der Waals surface area (Å²) in [6.07, 6.45) is 3.14. The number of benzene rings is 2. The van der Waals surface area contributed by atoms with Crippen LogP contribution in [0.25, 0.3) is 16.6 Å². The van der Waals surface area contributed by atoms with E-state index in [1.807, 2.05) is 0 Å². The molecule has 2 N–H and O–H groups in total. The molecule has 11 heteroatoms. The van der Waals surface area contributed by atoms with Crippen LogP contribution in [0.15, 0.2) is 48.8 Å². The number of fused-ring (bicyclic) bond motifs is 1. The first-order chi connectivity index (χ1) is 16.8. The Morgan fingerprint density at radius 2 is 1.91 bits per heavy atom. The number of halogens is 3. The zero-order valence-corrected chi connectivity index (χ0v) is 18.4. The van der Waals surface area contributed by atoms with Crippen molar-refractivity contribution in [3.05, 3.63) is 71.4 Å². The second-order valence-electron chi connectivity index (χ2n) is 7.54. The maximum absolute atomic E-state index is 14.7. The summed E-state index contributed by atoms with van der Waals surface area (Å²) >= 11 is 0. The van der Waals surface area contributed by atoms with Gasteiger partial charge in [0.2, 0.25) is 0 Å². The number of alkyl halides is 2. The third-order valence-electron chi connectivity index (χ3n) is 5.23. The highest BCUT2D eigenvalue weighted by molar-refractivity contribution is 5.93. The number of carboxylic acids is 1. The first kappa shape index (κ1) is 23.9. The summed E-state index contributed by atoms with van der Waals surface area (Å²) in [5.74, 6) is -2.52. The van der Waals surface area contributed by atoms with Gasteiger partial charge in [-0.2, -0.15) is 13.9 Å². The Morgan fingerprint density at radius 1 is 1.17 bits per heavy atom. The van der Waals surface area contributed by atoms with Crippen LogP contribution in [-0.4, -0.2) is 44.2 Å². The number of aryl methyl sites for hydroxylation is 1. The van der Waals surface area contributed by atoms with Gasteiger partial charge in [0.25, 0.3) is 0 Å². The molecule has 0 amide bonds. The molecule has 0 aliphatic rings. The fraction of sp³-hybridized carbons (Fsp3) is 0.208. The minimum Gasteiger partial charge on any atom is -0.505 e. The fourth-order valence-electron chi connectivity index (χ4n) is 3.74. The van der Waals surface area contributed by atoms with E-state index in [4.69, 9.17) is 14.6 Å². The van der Waals surface area contributed by atoms with Gasteiger partial charge in [0.15, 0.2) is 12.4 Å². The van der Waals surface area contributed by atoms with Crippen LogP contribution >= 0.6 is 0 Å². The van der Waals surface area contributed by atoms with Gasteiger partial charge in [0.05, 0.1) is 23.5 Å². The quantitative estimate of drug-likeness (QED) is 0.358. The van der Waals surface area contributed by atoms with E-state index < -0.39 is 25.0 Å². The lowest BCUT2D eigenvalue weighted by Gasteiger charge is -2.19. The van der Waals surface area contributed by atoms with Crippen LogP contribution in [0.5, 0.6) is 17.2 Å². The number of hydrogen-bond donors (Lipinski definition) is 2. The average Bonchev–Trinajstić information content (AvgIpc) is 3.26. The number of aliphatic carboxylic acids is 1. The molecule has 4 aromatic rings. The molecule has 0 saturated carbocycles. The molecule has 0 spiro atoms. The van der Waals surface area contributed by atoms with Crippen molar-refractivity contribution >= 4 is 16.9 Å². The summed E-state index contributed by atoms with van der Waals surface area (Å²) in [5.41, 5.74) is 1.78. The molecule has 0 unspecified atom stereocenters. The van der Waals surface area contributed by atoms with Gasteiger partial charge in [0, 0.05) is 17.7 Å². The largest absolute Gasteiger partial charge is 0.505 e. The van der Waals surface area contributed by atoms with E-state index in [9.17, 15) is 23.1 Å². The van der Waals surface area contributed by atoms with E-state index in [1.54, 1.807) is 31.2 Å². The zero-order chi connectivity index (χ0) is 25.1. The summed E-state index contributed by atoms with van der Waals surface area (Å²) in [7, 11) is 0. The molecular weight excluding hydrogens is 467 g/mol. The van der Waals surface area contributed by atoms with Crippen molar-refractivity contribution in [2.45, 2.75) is 26.4 Å². The first-order valence-electron chi connectivity index (χ1n) is 10.5. The summed E-state index contributed by atoms with van der Waals surface area (Å²) in [4.78, 5) is 15.3. The number of carbonyl (C=O) groups is 1. The molecule has 0 radical (unpaired) electrons. The highest BCUT2D eigenvalue weighted by atomic mass is 19.3. The summed E-state index contributed by atoms with van der Waals surface area (Å²) < 4.78 is 53.2. The summed E-state index contributed by atoms with van der Waals surface area (Å²) in [5, 5.41) is 22.3. The lowest BCUT2D eigenvalue weighted by atomic mass is 9.98. The van der Waals surface area contributed by atoms with Gasteiger partial charge in [-0.15, -0.1) is 0 Å². The molecule has 0 fully saturated rings. The normalized spacial score (nSPS) is 11.2. The van der Waals surface area contributed by atoms with Crippen LogP contribution in [0.2, 0.25) is 0 Å². The Balaban J connectivity index is 1.83. The standard InChI is InChI=1S/C24H20F3N3O5/c1-2-18-16(9-13-3-5-14(6-4-13)30-11-15(31)10-28-30)23(35-24(26)27)21-19(34-12-20(32)33)8-7-17(25)22(21)29-18/h3-8,10-11,24,31H,2,9,12H2,1H3,(H,32,33). The molecule has 2 aromatic carbocycles. The molecule has 0 atom stereocenters. The molecule has 35 heavy (non-hydrogen) atoms. The van der Waals surface area contributed by atoms with E-state index >= 15 is 0 Å². The van der Waals surface area contributed by atoms with Gasteiger partial charge < -0.3 is 19.7 Å². The average molecular weight is 487 g/mol. The predicted octanol–water partition coefficient (Wildman–Crippen LogP) is 4.48. The Morgan fingerprint density at radius 3 is 2.51 bits per heavy atom. The number of aromatic hydroxyl groups is 1. The van der Waals surface area contributed by atoms with Crippen LogP contribution < -0.4 is 9.47 Å². The second-order valence-corrected chi connectivity index (χ2v) is 7.54. The van der Waals surface area contributed by atoms with E-state index in [0.29, 0.717) is 28.9 Å². The van der Waals surface area contributed by atoms with Gasteiger partial charge in [-0.05, 0) is 36.2 Å². The summed E-state index contributed by atoms with van der Waals surface area (Å²) in [6, 6.07) is 9.15. The summed E-state index contributed by atoms with van der Waals surface area (Å²) in [6.45, 7) is -2.24. The molecule has 182 valence electrons. The number of pyridine rings is 1. The topological polar surface area (TPSA) is 107 Å². The minimum absolute atomic E-state index is 0.00541. The number of rotatable bonds is 9. The van der Waals surface area contributed by atoms with Crippen molar-refractivity contribution in [3.8, 4) is 22.9 Å². The Kier molecular flexibility index (Phi) is 6.76. The smallest absolute Gasteiger partial charge is 0.387 e. The molecular formula is C24H20F3N3O5. The fourth-order valence-corrected chi connectivity index (χ4v) is 3.74. The number of carboxylic acid groups (broad SMARTS) is 1. The lowest BCUT2D eigenvalue weighted by molar-refractivity contribution is -0.139. The Hall–Kier alpha value is -4.28.